The van der Waals surface area contributed by atoms with Gasteiger partial charge in [0.2, 0.25) is 15.9 Å². The summed E-state index contributed by atoms with van der Waals surface area (Å²) >= 11 is 0. The molecular weight excluding hydrogens is 312 g/mol. The largest absolute Gasteiger partial charge is 0.352 e. The SMILES string of the molecule is CCC(C)NC(=O)CN(c1ccccc1C(C)(C)C)S(C)(=O)=O. The van der Waals surface area contributed by atoms with Gasteiger partial charge < -0.3 is 5.32 Å². The van der Waals surface area contributed by atoms with Gasteiger partial charge in [-0.1, -0.05) is 45.9 Å². The molecule has 1 atom stereocenters. The first kappa shape index (κ1) is 19.5. The van der Waals surface area contributed by atoms with Crippen LogP contribution in [0.25, 0.3) is 0 Å². The number of amides is 1. The predicted octanol–water partition coefficient (Wildman–Crippen LogP) is 2.66. The Bertz CT molecular complexity index is 648. The minimum Gasteiger partial charge on any atom is -0.352 e. The van der Waals surface area contributed by atoms with Gasteiger partial charge in [-0.3, -0.25) is 9.10 Å². The zero-order valence-electron chi connectivity index (χ0n) is 14.9. The van der Waals surface area contributed by atoms with Crippen LogP contribution in [0.1, 0.15) is 46.6 Å². The summed E-state index contributed by atoms with van der Waals surface area (Å²) in [6.07, 6.45) is 1.92. The van der Waals surface area contributed by atoms with Crippen LogP contribution in [0, 0.1) is 0 Å². The molecule has 0 radical (unpaired) electrons. The molecule has 1 aromatic carbocycles. The van der Waals surface area contributed by atoms with Gasteiger partial charge in [0.1, 0.15) is 6.54 Å². The highest BCUT2D eigenvalue weighted by Gasteiger charge is 2.27. The van der Waals surface area contributed by atoms with E-state index in [-0.39, 0.29) is 23.9 Å². The third-order valence-corrected chi connectivity index (χ3v) is 4.81. The second-order valence-corrected chi connectivity index (χ2v) is 8.82. The standard InChI is InChI=1S/C17H28N2O3S/c1-7-13(2)18-16(20)12-19(23(6,21)22)15-11-9-8-10-14(15)17(3,4)5/h8-11,13H,7,12H2,1-6H3,(H,18,20). The van der Waals surface area contributed by atoms with Crippen molar-refractivity contribution < 1.29 is 13.2 Å². The minimum atomic E-state index is -3.57. The summed E-state index contributed by atoms with van der Waals surface area (Å²) in [5.41, 5.74) is 1.22. The molecule has 1 unspecified atom stereocenters. The lowest BCUT2D eigenvalue weighted by atomic mass is 9.86. The number of nitrogens with zero attached hydrogens (tertiary/aromatic N) is 1. The van der Waals surface area contributed by atoms with E-state index in [0.29, 0.717) is 5.69 Å². The fourth-order valence-corrected chi connectivity index (χ4v) is 3.13. The van der Waals surface area contributed by atoms with Crippen molar-refractivity contribution in [1.82, 2.24) is 5.32 Å². The van der Waals surface area contributed by atoms with E-state index in [1.54, 1.807) is 12.1 Å². The number of carbonyl (C=O) groups is 1. The maximum Gasteiger partial charge on any atom is 0.240 e. The summed E-state index contributed by atoms with van der Waals surface area (Å²) in [5.74, 6) is -0.298. The highest BCUT2D eigenvalue weighted by molar-refractivity contribution is 7.92. The maximum atomic E-state index is 12.2. The van der Waals surface area contributed by atoms with Crippen LogP contribution in [0.4, 0.5) is 5.69 Å². The van der Waals surface area contributed by atoms with Crippen molar-refractivity contribution in [1.29, 1.82) is 0 Å². The van der Waals surface area contributed by atoms with Crippen LogP contribution < -0.4 is 9.62 Å². The van der Waals surface area contributed by atoms with Gasteiger partial charge in [-0.2, -0.15) is 0 Å². The van der Waals surface area contributed by atoms with Gasteiger partial charge >= 0.3 is 0 Å². The van der Waals surface area contributed by atoms with Crippen molar-refractivity contribution in [2.24, 2.45) is 0 Å². The van der Waals surface area contributed by atoms with Crippen LogP contribution >= 0.6 is 0 Å². The van der Waals surface area contributed by atoms with Crippen molar-refractivity contribution in [2.45, 2.75) is 52.5 Å². The zero-order valence-corrected chi connectivity index (χ0v) is 15.7. The molecule has 130 valence electrons. The lowest BCUT2D eigenvalue weighted by Gasteiger charge is -2.30. The smallest absolute Gasteiger partial charge is 0.240 e. The Morgan fingerprint density at radius 3 is 2.30 bits per heavy atom. The van der Waals surface area contributed by atoms with Crippen LogP contribution in [-0.4, -0.2) is 33.2 Å². The molecule has 0 saturated carbocycles. The van der Waals surface area contributed by atoms with Crippen LogP contribution in [0.2, 0.25) is 0 Å². The second-order valence-electron chi connectivity index (χ2n) is 6.91. The van der Waals surface area contributed by atoms with Gasteiger partial charge in [-0.15, -0.1) is 0 Å². The van der Waals surface area contributed by atoms with E-state index < -0.39 is 10.0 Å². The Hall–Kier alpha value is -1.56. The van der Waals surface area contributed by atoms with Crippen molar-refractivity contribution in [3.8, 4) is 0 Å². The number of rotatable bonds is 6. The lowest BCUT2D eigenvalue weighted by molar-refractivity contribution is -0.120. The Morgan fingerprint density at radius 1 is 1.26 bits per heavy atom. The number of sulfonamides is 1. The molecule has 0 aliphatic carbocycles. The van der Waals surface area contributed by atoms with Crippen molar-refractivity contribution in [3.63, 3.8) is 0 Å². The maximum absolute atomic E-state index is 12.2. The first-order valence-electron chi connectivity index (χ1n) is 7.83. The molecule has 0 aliphatic heterocycles. The minimum absolute atomic E-state index is 0.0155. The molecule has 1 amide bonds. The van der Waals surface area contributed by atoms with Gasteiger partial charge in [0.05, 0.1) is 11.9 Å². The average molecular weight is 340 g/mol. The van der Waals surface area contributed by atoms with E-state index in [9.17, 15) is 13.2 Å². The molecule has 0 saturated heterocycles. The summed E-state index contributed by atoms with van der Waals surface area (Å²) in [6, 6.07) is 7.33. The molecule has 0 fully saturated rings. The van der Waals surface area contributed by atoms with Gasteiger partial charge in [-0.25, -0.2) is 8.42 Å². The lowest BCUT2D eigenvalue weighted by Crippen LogP contribution is -2.43. The van der Waals surface area contributed by atoms with Crippen LogP contribution in [0.15, 0.2) is 24.3 Å². The number of hydrogen-bond acceptors (Lipinski definition) is 3. The Kier molecular flexibility index (Phi) is 6.22. The van der Waals surface area contributed by atoms with Crippen molar-refractivity contribution in [2.75, 3.05) is 17.1 Å². The Balaban J connectivity index is 3.23. The quantitative estimate of drug-likeness (QED) is 0.866. The molecule has 1 rings (SSSR count). The molecular formula is C17H28N2O3S. The fourth-order valence-electron chi connectivity index (χ4n) is 2.26. The van der Waals surface area contributed by atoms with Gasteiger partial charge in [-0.05, 0) is 30.4 Å². The first-order chi connectivity index (χ1) is 10.5. The predicted molar refractivity (Wildman–Crippen MR) is 95.2 cm³/mol. The molecule has 0 aliphatic rings. The van der Waals surface area contributed by atoms with Gasteiger partial charge in [0.15, 0.2) is 0 Å². The zero-order chi connectivity index (χ0) is 17.8. The highest BCUT2D eigenvalue weighted by atomic mass is 32.2. The van der Waals surface area contributed by atoms with Gasteiger partial charge in [0.25, 0.3) is 0 Å². The first-order valence-corrected chi connectivity index (χ1v) is 9.68. The van der Waals surface area contributed by atoms with Gasteiger partial charge in [0, 0.05) is 6.04 Å². The van der Waals surface area contributed by atoms with Crippen molar-refractivity contribution >= 4 is 21.6 Å². The topological polar surface area (TPSA) is 66.5 Å². The summed E-state index contributed by atoms with van der Waals surface area (Å²) in [7, 11) is -3.57. The molecule has 0 aromatic heterocycles. The third kappa shape index (κ3) is 5.53. The number of nitrogens with one attached hydrogen (secondary N) is 1. The summed E-state index contributed by atoms with van der Waals surface area (Å²) in [6.45, 7) is 9.71. The molecule has 1 N–H and O–H groups in total. The van der Waals surface area contributed by atoms with E-state index in [1.165, 1.54) is 4.31 Å². The van der Waals surface area contributed by atoms with E-state index in [0.717, 1.165) is 18.2 Å². The highest BCUT2D eigenvalue weighted by Crippen LogP contribution is 2.32. The number of carbonyl (C=O) groups excluding carboxylic acids is 1. The molecule has 5 nitrogen and oxygen atoms in total. The van der Waals surface area contributed by atoms with Crippen LogP contribution in [0.3, 0.4) is 0 Å². The van der Waals surface area contributed by atoms with Crippen LogP contribution in [-0.2, 0) is 20.2 Å². The van der Waals surface area contributed by atoms with Crippen molar-refractivity contribution in [3.05, 3.63) is 29.8 Å². The molecule has 23 heavy (non-hydrogen) atoms. The Labute approximate surface area is 140 Å². The third-order valence-electron chi connectivity index (χ3n) is 3.69. The average Bonchev–Trinajstić information content (AvgIpc) is 2.42. The molecule has 6 heteroatoms. The number of benzene rings is 1. The van der Waals surface area contributed by atoms with E-state index in [1.807, 2.05) is 46.8 Å². The van der Waals surface area contributed by atoms with E-state index in [4.69, 9.17) is 0 Å². The summed E-state index contributed by atoms with van der Waals surface area (Å²) in [4.78, 5) is 12.2. The fraction of sp³-hybridized carbons (Fsp3) is 0.588. The molecule has 1 aromatic rings. The Morgan fingerprint density at radius 2 is 1.83 bits per heavy atom. The number of para-hydroxylation sites is 1. The van der Waals surface area contributed by atoms with E-state index in [2.05, 4.69) is 5.32 Å². The molecule has 0 bridgehead atoms. The normalized spacial score (nSPS) is 13.5. The van der Waals surface area contributed by atoms with Crippen LogP contribution in [0.5, 0.6) is 0 Å². The number of anilines is 1. The molecule has 0 heterocycles. The molecule has 0 spiro atoms. The monoisotopic (exact) mass is 340 g/mol. The van der Waals surface area contributed by atoms with E-state index >= 15 is 0 Å². The summed E-state index contributed by atoms with van der Waals surface area (Å²) in [5, 5.41) is 2.82. The number of hydrogen-bond donors (Lipinski definition) is 1. The summed E-state index contributed by atoms with van der Waals surface area (Å²) < 4.78 is 25.7. The second kappa shape index (κ2) is 7.34.